The zero-order chi connectivity index (χ0) is 11.5. The van der Waals surface area contributed by atoms with Crippen LogP contribution in [0.4, 0.5) is 0 Å². The number of aromatic amines is 1. The van der Waals surface area contributed by atoms with E-state index in [0.717, 1.165) is 12.2 Å². The predicted octanol–water partition coefficient (Wildman–Crippen LogP) is 3.83. The second-order valence-corrected chi connectivity index (χ2v) is 4.25. The highest BCUT2D eigenvalue weighted by atomic mass is 16.5. The Kier molecular flexibility index (Phi) is 3.18. The number of rotatable bonds is 4. The van der Waals surface area contributed by atoms with Crippen LogP contribution in [0.5, 0.6) is 5.75 Å². The van der Waals surface area contributed by atoms with Gasteiger partial charge < -0.3 is 9.72 Å². The molecule has 1 N–H and O–H groups in total. The summed E-state index contributed by atoms with van der Waals surface area (Å²) in [5, 5.41) is 1.26. The van der Waals surface area contributed by atoms with Gasteiger partial charge in [-0.2, -0.15) is 0 Å². The monoisotopic (exact) mass is 217 g/mol. The van der Waals surface area contributed by atoms with E-state index >= 15 is 0 Å². The smallest absolute Gasteiger partial charge is 0.128 e. The molecule has 2 aromatic rings. The summed E-state index contributed by atoms with van der Waals surface area (Å²) < 4.78 is 5.44. The largest absolute Gasteiger partial charge is 0.496 e. The number of fused-ring (bicyclic) bond motifs is 1. The third kappa shape index (κ3) is 1.80. The topological polar surface area (TPSA) is 25.0 Å². The summed E-state index contributed by atoms with van der Waals surface area (Å²) in [5.74, 6) is 0.980. The van der Waals surface area contributed by atoms with Crippen molar-refractivity contribution in [2.24, 2.45) is 0 Å². The molecule has 0 aliphatic heterocycles. The van der Waals surface area contributed by atoms with Gasteiger partial charge in [-0.3, -0.25) is 0 Å². The van der Waals surface area contributed by atoms with Gasteiger partial charge in [-0.25, -0.2) is 0 Å². The predicted molar refractivity (Wildman–Crippen MR) is 68.2 cm³/mol. The molecule has 0 radical (unpaired) electrons. The van der Waals surface area contributed by atoms with Crippen LogP contribution in [0.25, 0.3) is 10.9 Å². The number of H-pyrrole nitrogens is 1. The van der Waals surface area contributed by atoms with Gasteiger partial charge in [0.05, 0.1) is 12.6 Å². The second kappa shape index (κ2) is 4.60. The van der Waals surface area contributed by atoms with E-state index < -0.39 is 0 Å². The van der Waals surface area contributed by atoms with Gasteiger partial charge in [0.15, 0.2) is 0 Å². The average Bonchev–Trinajstić information content (AvgIpc) is 2.72. The van der Waals surface area contributed by atoms with E-state index in [-0.39, 0.29) is 0 Å². The van der Waals surface area contributed by atoms with Crippen LogP contribution in [0.2, 0.25) is 0 Å². The first kappa shape index (κ1) is 11.1. The van der Waals surface area contributed by atoms with Crippen molar-refractivity contribution >= 4 is 10.9 Å². The van der Waals surface area contributed by atoms with Gasteiger partial charge in [0, 0.05) is 11.6 Å². The lowest BCUT2D eigenvalue weighted by atomic mass is 10.0. The van der Waals surface area contributed by atoms with Gasteiger partial charge in [0.25, 0.3) is 0 Å². The molecule has 16 heavy (non-hydrogen) atoms. The number of methoxy groups -OCH3 is 1. The molecule has 0 amide bonds. The number of hydrogen-bond acceptors (Lipinski definition) is 1. The fourth-order valence-corrected chi connectivity index (χ4v) is 2.16. The molecule has 2 heteroatoms. The van der Waals surface area contributed by atoms with Gasteiger partial charge >= 0.3 is 0 Å². The van der Waals surface area contributed by atoms with Crippen LogP contribution in [-0.4, -0.2) is 12.1 Å². The zero-order valence-corrected chi connectivity index (χ0v) is 10.3. The lowest BCUT2D eigenvalue weighted by molar-refractivity contribution is 0.419. The summed E-state index contributed by atoms with van der Waals surface area (Å²) in [6.07, 6.45) is 5.69. The van der Waals surface area contributed by atoms with Gasteiger partial charge in [-0.1, -0.05) is 19.4 Å². The maximum absolute atomic E-state index is 5.44. The summed E-state index contributed by atoms with van der Waals surface area (Å²) in [7, 11) is 1.74. The Morgan fingerprint density at radius 1 is 1.31 bits per heavy atom. The molecule has 1 heterocycles. The summed E-state index contributed by atoms with van der Waals surface area (Å²) >= 11 is 0. The van der Waals surface area contributed by atoms with Crippen molar-refractivity contribution in [3.8, 4) is 5.75 Å². The normalized spacial score (nSPS) is 10.9. The summed E-state index contributed by atoms with van der Waals surface area (Å²) in [5.41, 5.74) is 3.86. The molecule has 0 atom stereocenters. The van der Waals surface area contributed by atoms with Crippen molar-refractivity contribution in [3.63, 3.8) is 0 Å². The minimum absolute atomic E-state index is 0.980. The van der Waals surface area contributed by atoms with Crippen LogP contribution in [0.1, 0.15) is 30.9 Å². The van der Waals surface area contributed by atoms with Gasteiger partial charge in [0.1, 0.15) is 5.75 Å². The molecule has 0 bridgehead atoms. The second-order valence-electron chi connectivity index (χ2n) is 4.25. The van der Waals surface area contributed by atoms with Crippen LogP contribution in [0, 0.1) is 6.92 Å². The number of unbranched alkanes of at least 4 members (excludes halogenated alkanes) is 1. The van der Waals surface area contributed by atoms with Gasteiger partial charge in [-0.15, -0.1) is 0 Å². The third-order valence-corrected chi connectivity index (χ3v) is 3.11. The Bertz CT molecular complexity index is 485. The van der Waals surface area contributed by atoms with E-state index in [0.29, 0.717) is 0 Å². The molecule has 0 unspecified atom stereocenters. The molecule has 0 saturated carbocycles. The number of aromatic nitrogens is 1. The molecule has 2 rings (SSSR count). The molecule has 1 aromatic carbocycles. The quantitative estimate of drug-likeness (QED) is 0.827. The van der Waals surface area contributed by atoms with E-state index in [1.54, 1.807) is 7.11 Å². The first-order chi connectivity index (χ1) is 7.77. The highest BCUT2D eigenvalue weighted by Crippen LogP contribution is 2.31. The third-order valence-electron chi connectivity index (χ3n) is 3.11. The number of nitrogens with one attached hydrogen (secondary N) is 1. The molecule has 0 aliphatic rings. The highest BCUT2D eigenvalue weighted by molar-refractivity contribution is 5.91. The van der Waals surface area contributed by atoms with Crippen LogP contribution >= 0.6 is 0 Å². The number of aryl methyl sites for hydroxylation is 2. The maximum Gasteiger partial charge on any atom is 0.128 e. The molecule has 0 fully saturated rings. The lowest BCUT2D eigenvalue weighted by Gasteiger charge is -2.06. The molecule has 1 aromatic heterocycles. The van der Waals surface area contributed by atoms with Crippen LogP contribution in [0.15, 0.2) is 18.3 Å². The summed E-state index contributed by atoms with van der Waals surface area (Å²) in [6.45, 7) is 4.35. The molecular weight excluding hydrogens is 198 g/mol. The Hall–Kier alpha value is -1.44. The first-order valence-corrected chi connectivity index (χ1v) is 5.91. The Balaban J connectivity index is 2.54. The van der Waals surface area contributed by atoms with Gasteiger partial charge in [0.2, 0.25) is 0 Å². The van der Waals surface area contributed by atoms with E-state index in [1.165, 1.54) is 34.9 Å². The van der Waals surface area contributed by atoms with Crippen molar-refractivity contribution < 1.29 is 4.74 Å². The SMILES string of the molecule is CCCCc1c[nH]c2c(C)ccc(OC)c12. The number of benzene rings is 1. The minimum Gasteiger partial charge on any atom is -0.496 e. The van der Waals surface area contributed by atoms with Crippen molar-refractivity contribution in [1.82, 2.24) is 4.98 Å². The maximum atomic E-state index is 5.44. The molecule has 2 nitrogen and oxygen atoms in total. The molecule has 86 valence electrons. The van der Waals surface area contributed by atoms with E-state index in [9.17, 15) is 0 Å². The highest BCUT2D eigenvalue weighted by Gasteiger charge is 2.10. The van der Waals surface area contributed by atoms with E-state index in [1.807, 2.05) is 0 Å². The van der Waals surface area contributed by atoms with Crippen molar-refractivity contribution in [2.45, 2.75) is 33.1 Å². The Labute approximate surface area is 96.6 Å². The summed E-state index contributed by atoms with van der Waals surface area (Å²) in [6, 6.07) is 4.15. The standard InChI is InChI=1S/C14H19NO/c1-4-5-6-11-9-15-14-10(2)7-8-12(16-3)13(11)14/h7-9,15H,4-6H2,1-3H3. The fraction of sp³-hybridized carbons (Fsp3) is 0.429. The molecular formula is C14H19NO. The van der Waals surface area contributed by atoms with E-state index in [2.05, 4.69) is 37.2 Å². The Morgan fingerprint density at radius 3 is 2.81 bits per heavy atom. The molecule has 0 saturated heterocycles. The van der Waals surface area contributed by atoms with Crippen molar-refractivity contribution in [1.29, 1.82) is 0 Å². The lowest BCUT2D eigenvalue weighted by Crippen LogP contribution is -1.88. The number of ether oxygens (including phenoxy) is 1. The molecule has 0 aliphatic carbocycles. The zero-order valence-electron chi connectivity index (χ0n) is 10.3. The van der Waals surface area contributed by atoms with Crippen LogP contribution in [0.3, 0.4) is 0 Å². The number of hydrogen-bond donors (Lipinski definition) is 1. The van der Waals surface area contributed by atoms with Crippen LogP contribution in [-0.2, 0) is 6.42 Å². The van der Waals surface area contributed by atoms with Crippen molar-refractivity contribution in [2.75, 3.05) is 7.11 Å². The fourth-order valence-electron chi connectivity index (χ4n) is 2.16. The molecule has 0 spiro atoms. The van der Waals surface area contributed by atoms with Crippen LogP contribution < -0.4 is 4.74 Å². The summed E-state index contributed by atoms with van der Waals surface area (Å²) in [4.78, 5) is 3.36. The Morgan fingerprint density at radius 2 is 2.12 bits per heavy atom. The minimum atomic E-state index is 0.980. The van der Waals surface area contributed by atoms with E-state index in [4.69, 9.17) is 4.74 Å². The van der Waals surface area contributed by atoms with Gasteiger partial charge in [-0.05, 0) is 37.0 Å². The average molecular weight is 217 g/mol. The van der Waals surface area contributed by atoms with Crippen molar-refractivity contribution in [3.05, 3.63) is 29.5 Å². The first-order valence-electron chi connectivity index (χ1n) is 5.91.